The van der Waals surface area contributed by atoms with Gasteiger partial charge in [-0.05, 0) is 125 Å². The van der Waals surface area contributed by atoms with E-state index in [4.69, 9.17) is 4.74 Å². The Hall–Kier alpha value is -0.610. The van der Waals surface area contributed by atoms with Crippen molar-refractivity contribution in [2.24, 2.45) is 46.3 Å². The van der Waals surface area contributed by atoms with E-state index in [9.17, 15) is 4.79 Å². The molecule has 1 N–H and O–H groups in total. The van der Waals surface area contributed by atoms with E-state index >= 15 is 0 Å². The number of carbonyl (C=O) groups excluding carboxylic acids is 1. The molecule has 0 radical (unpaired) electrons. The Bertz CT molecular complexity index is 681. The van der Waals surface area contributed by atoms with Crippen LogP contribution in [0.4, 0.5) is 0 Å². The van der Waals surface area contributed by atoms with E-state index in [0.29, 0.717) is 23.2 Å². The number of esters is 1. The van der Waals surface area contributed by atoms with Crippen molar-refractivity contribution in [2.45, 2.75) is 97.4 Å². The number of methoxy groups -OCH3 is 1. The predicted molar refractivity (Wildman–Crippen MR) is 136 cm³/mol. The maximum Gasteiger partial charge on any atom is 0.305 e. The van der Waals surface area contributed by atoms with Crippen LogP contribution in [-0.4, -0.2) is 51.2 Å². The molecule has 0 bridgehead atoms. The minimum absolute atomic E-state index is 0.0386. The zero-order valence-electron chi connectivity index (χ0n) is 22.5. The highest BCUT2D eigenvalue weighted by molar-refractivity contribution is 5.69. The molecule has 0 amide bonds. The standard InChI is InChI=1S/C29H52N2O2/c1-20(7-12-27(32)33-6)24-10-11-25-23-9-8-21-19-22(30-17-18-31(4)5)13-15-28(21,2)26(23)14-16-29(24,25)3/h20-26,30H,7-19H2,1-6H3/t20-,21+,22?,23?,24?,25?,26?,28?,29?/m1/s1. The fourth-order valence-electron chi connectivity index (χ4n) is 9.56. The van der Waals surface area contributed by atoms with Gasteiger partial charge >= 0.3 is 5.97 Å². The normalized spacial score (nSPS) is 43.5. The Balaban J connectivity index is 1.39. The second-order valence-corrected chi connectivity index (χ2v) is 13.2. The van der Waals surface area contributed by atoms with Crippen LogP contribution in [0.1, 0.15) is 91.4 Å². The molecular weight excluding hydrogens is 408 g/mol. The number of hydrogen-bond acceptors (Lipinski definition) is 4. The van der Waals surface area contributed by atoms with Crippen molar-refractivity contribution in [3.8, 4) is 0 Å². The average Bonchev–Trinajstić information content (AvgIpc) is 3.14. The van der Waals surface area contributed by atoms with Crippen LogP contribution in [0.15, 0.2) is 0 Å². The summed E-state index contributed by atoms with van der Waals surface area (Å²) in [6.07, 6.45) is 14.4. The van der Waals surface area contributed by atoms with Crippen molar-refractivity contribution in [3.05, 3.63) is 0 Å². The average molecular weight is 461 g/mol. The molecule has 4 fully saturated rings. The molecule has 4 aliphatic rings. The number of carbonyl (C=O) groups is 1. The lowest BCUT2D eigenvalue weighted by molar-refractivity contribution is -0.141. The van der Waals surface area contributed by atoms with E-state index in [1.165, 1.54) is 64.9 Å². The van der Waals surface area contributed by atoms with E-state index in [0.717, 1.165) is 55.1 Å². The summed E-state index contributed by atoms with van der Waals surface area (Å²) >= 11 is 0. The largest absolute Gasteiger partial charge is 0.469 e. The van der Waals surface area contributed by atoms with E-state index in [-0.39, 0.29) is 5.97 Å². The lowest BCUT2D eigenvalue weighted by atomic mass is 9.44. The molecule has 9 atom stereocenters. The summed E-state index contributed by atoms with van der Waals surface area (Å²) in [4.78, 5) is 14.0. The maximum absolute atomic E-state index is 11.7. The molecule has 7 unspecified atom stereocenters. The summed E-state index contributed by atoms with van der Waals surface area (Å²) in [7, 11) is 5.86. The molecule has 0 saturated heterocycles. The predicted octanol–water partition coefficient (Wildman–Crippen LogP) is 5.75. The number of fused-ring (bicyclic) bond motifs is 5. The highest BCUT2D eigenvalue weighted by Crippen LogP contribution is 2.68. The summed E-state index contributed by atoms with van der Waals surface area (Å²) in [5, 5.41) is 3.89. The van der Waals surface area contributed by atoms with Crippen LogP contribution < -0.4 is 5.32 Å². The van der Waals surface area contributed by atoms with Gasteiger partial charge in [-0.3, -0.25) is 4.79 Å². The van der Waals surface area contributed by atoms with Gasteiger partial charge in [0.2, 0.25) is 0 Å². The van der Waals surface area contributed by atoms with Crippen molar-refractivity contribution in [1.82, 2.24) is 10.2 Å². The summed E-state index contributed by atoms with van der Waals surface area (Å²) in [6, 6.07) is 0.736. The third kappa shape index (κ3) is 4.90. The Kier molecular flexibility index (Phi) is 7.85. The lowest BCUT2D eigenvalue weighted by Gasteiger charge is -2.61. The maximum atomic E-state index is 11.7. The summed E-state index contributed by atoms with van der Waals surface area (Å²) in [5.74, 6) is 5.10. The van der Waals surface area contributed by atoms with Crippen molar-refractivity contribution in [1.29, 1.82) is 0 Å². The van der Waals surface area contributed by atoms with Crippen LogP contribution >= 0.6 is 0 Å². The smallest absolute Gasteiger partial charge is 0.305 e. The second kappa shape index (κ2) is 10.2. The molecule has 0 aromatic rings. The van der Waals surface area contributed by atoms with Gasteiger partial charge in [0.25, 0.3) is 0 Å². The minimum atomic E-state index is -0.0386. The van der Waals surface area contributed by atoms with Crippen molar-refractivity contribution in [3.63, 3.8) is 0 Å². The van der Waals surface area contributed by atoms with Crippen LogP contribution in [-0.2, 0) is 9.53 Å². The zero-order chi connectivity index (χ0) is 23.8. The summed E-state index contributed by atoms with van der Waals surface area (Å²) in [5.41, 5.74) is 1.06. The van der Waals surface area contributed by atoms with Gasteiger partial charge in [0.15, 0.2) is 0 Å². The zero-order valence-corrected chi connectivity index (χ0v) is 22.5. The van der Waals surface area contributed by atoms with Gasteiger partial charge in [0.05, 0.1) is 7.11 Å². The quantitative estimate of drug-likeness (QED) is 0.468. The van der Waals surface area contributed by atoms with Crippen LogP contribution in [0, 0.1) is 46.3 Å². The molecule has 4 nitrogen and oxygen atoms in total. The van der Waals surface area contributed by atoms with Crippen molar-refractivity contribution in [2.75, 3.05) is 34.3 Å². The topological polar surface area (TPSA) is 41.6 Å². The van der Waals surface area contributed by atoms with Gasteiger partial charge in [-0.25, -0.2) is 0 Å². The van der Waals surface area contributed by atoms with Gasteiger partial charge < -0.3 is 15.0 Å². The summed E-state index contributed by atoms with van der Waals surface area (Å²) < 4.78 is 4.92. The molecule has 0 aromatic carbocycles. The van der Waals surface area contributed by atoms with Crippen LogP contribution in [0.5, 0.6) is 0 Å². The molecular formula is C29H52N2O2. The third-order valence-electron chi connectivity index (χ3n) is 11.4. The molecule has 0 aliphatic heterocycles. The molecule has 0 heterocycles. The van der Waals surface area contributed by atoms with E-state index < -0.39 is 0 Å². The van der Waals surface area contributed by atoms with Crippen LogP contribution in [0.25, 0.3) is 0 Å². The SMILES string of the molecule is COC(=O)CC[C@@H](C)C1CCC2C3CC[C@H]4CC(NCCN(C)C)CCC4(C)C3CCC21C. The molecule has 0 spiro atoms. The van der Waals surface area contributed by atoms with Gasteiger partial charge in [-0.2, -0.15) is 0 Å². The first-order valence-corrected chi connectivity index (χ1v) is 14.1. The molecule has 0 aromatic heterocycles. The molecule has 4 saturated carbocycles. The first kappa shape index (κ1) is 25.5. The first-order chi connectivity index (χ1) is 15.7. The number of nitrogens with one attached hydrogen (secondary N) is 1. The van der Waals surface area contributed by atoms with Crippen molar-refractivity contribution < 1.29 is 9.53 Å². The Morgan fingerprint density at radius 1 is 1.03 bits per heavy atom. The number of hydrogen-bond donors (Lipinski definition) is 1. The lowest BCUT2D eigenvalue weighted by Crippen LogP contribution is -2.55. The molecule has 4 heteroatoms. The van der Waals surface area contributed by atoms with Gasteiger partial charge in [-0.1, -0.05) is 20.8 Å². The van der Waals surface area contributed by atoms with E-state index in [1.807, 2.05) is 0 Å². The van der Waals surface area contributed by atoms with E-state index in [1.54, 1.807) is 0 Å². The van der Waals surface area contributed by atoms with Gasteiger partial charge in [0.1, 0.15) is 0 Å². The van der Waals surface area contributed by atoms with Crippen LogP contribution in [0.3, 0.4) is 0 Å². The minimum Gasteiger partial charge on any atom is -0.469 e. The van der Waals surface area contributed by atoms with Crippen LogP contribution in [0.2, 0.25) is 0 Å². The molecule has 33 heavy (non-hydrogen) atoms. The van der Waals surface area contributed by atoms with Gasteiger partial charge in [-0.15, -0.1) is 0 Å². The second-order valence-electron chi connectivity index (χ2n) is 13.2. The monoisotopic (exact) mass is 460 g/mol. The third-order valence-corrected chi connectivity index (χ3v) is 11.4. The fourth-order valence-corrected chi connectivity index (χ4v) is 9.56. The first-order valence-electron chi connectivity index (χ1n) is 14.1. The Morgan fingerprint density at radius 3 is 2.48 bits per heavy atom. The summed E-state index contributed by atoms with van der Waals surface area (Å²) in [6.45, 7) is 10.0. The number of ether oxygens (including phenoxy) is 1. The number of likely N-dealkylation sites (N-methyl/N-ethyl adjacent to an activating group) is 1. The van der Waals surface area contributed by atoms with Crippen molar-refractivity contribution >= 4 is 5.97 Å². The molecule has 4 rings (SSSR count). The Morgan fingerprint density at radius 2 is 1.76 bits per heavy atom. The number of rotatable bonds is 8. The number of nitrogens with zero attached hydrogens (tertiary/aromatic N) is 1. The highest BCUT2D eigenvalue weighted by Gasteiger charge is 2.60. The molecule has 4 aliphatic carbocycles. The van der Waals surface area contributed by atoms with Gasteiger partial charge in [0, 0.05) is 25.6 Å². The van der Waals surface area contributed by atoms with E-state index in [2.05, 4.69) is 45.1 Å². The molecule has 190 valence electrons. The highest BCUT2D eigenvalue weighted by atomic mass is 16.5. The fraction of sp³-hybridized carbons (Fsp3) is 0.966. The Labute approximate surface area is 204 Å².